The maximum atomic E-state index is 12.0. The molecule has 0 saturated carbocycles. The normalized spacial score (nSPS) is 24.8. The van der Waals surface area contributed by atoms with Crippen molar-refractivity contribution in [3.05, 3.63) is 0 Å². The molecule has 0 aromatic heterocycles. The number of likely N-dealkylation sites (tertiary alicyclic amines) is 1. The zero-order valence-corrected chi connectivity index (χ0v) is 10.9. The van der Waals surface area contributed by atoms with E-state index in [9.17, 15) is 9.59 Å². The first-order chi connectivity index (χ1) is 7.64. The monoisotopic (exact) mass is 243 g/mol. The Bertz CT molecular complexity index is 321. The zero-order valence-electron chi connectivity index (χ0n) is 10.9. The van der Waals surface area contributed by atoms with Crippen LogP contribution in [0.1, 0.15) is 47.0 Å². The van der Waals surface area contributed by atoms with Crippen molar-refractivity contribution in [3.8, 4) is 0 Å². The molecule has 1 rings (SSSR count). The second kappa shape index (κ2) is 4.55. The van der Waals surface area contributed by atoms with Crippen molar-refractivity contribution in [1.82, 2.24) is 4.90 Å². The SMILES string of the molecule is CC(C)(C)OC(=O)N1CCCC1(C)CC(=O)O. The molecule has 1 aliphatic heterocycles. The van der Waals surface area contributed by atoms with Crippen molar-refractivity contribution in [3.63, 3.8) is 0 Å². The Labute approximate surface area is 102 Å². The molecule has 0 spiro atoms. The number of carboxylic acids is 1. The smallest absolute Gasteiger partial charge is 0.410 e. The van der Waals surface area contributed by atoms with Gasteiger partial charge in [-0.05, 0) is 40.5 Å². The van der Waals surface area contributed by atoms with Gasteiger partial charge in [0.15, 0.2) is 0 Å². The number of hydrogen-bond acceptors (Lipinski definition) is 3. The molecule has 1 N–H and O–H groups in total. The minimum Gasteiger partial charge on any atom is -0.481 e. The van der Waals surface area contributed by atoms with Crippen LogP contribution in [0.2, 0.25) is 0 Å². The Morgan fingerprint density at radius 2 is 2.00 bits per heavy atom. The van der Waals surface area contributed by atoms with E-state index in [1.807, 2.05) is 0 Å². The maximum absolute atomic E-state index is 12.0. The van der Waals surface area contributed by atoms with E-state index in [1.165, 1.54) is 0 Å². The number of ether oxygens (including phenoxy) is 1. The third-order valence-electron chi connectivity index (χ3n) is 2.89. The van der Waals surface area contributed by atoms with Crippen LogP contribution >= 0.6 is 0 Å². The van der Waals surface area contributed by atoms with Gasteiger partial charge in [0, 0.05) is 6.54 Å². The van der Waals surface area contributed by atoms with Crippen molar-refractivity contribution in [2.75, 3.05) is 6.54 Å². The molecular formula is C12H21NO4. The van der Waals surface area contributed by atoms with Gasteiger partial charge in [0.25, 0.3) is 0 Å². The summed E-state index contributed by atoms with van der Waals surface area (Å²) in [6.07, 6.45) is 1.08. The third-order valence-corrected chi connectivity index (χ3v) is 2.89. The fourth-order valence-corrected chi connectivity index (χ4v) is 2.16. The van der Waals surface area contributed by atoms with Crippen LogP contribution in [-0.2, 0) is 9.53 Å². The lowest BCUT2D eigenvalue weighted by Crippen LogP contribution is -2.48. The molecule has 1 heterocycles. The highest BCUT2D eigenvalue weighted by Gasteiger charge is 2.42. The molecule has 1 amide bonds. The van der Waals surface area contributed by atoms with E-state index >= 15 is 0 Å². The van der Waals surface area contributed by atoms with Gasteiger partial charge in [-0.15, -0.1) is 0 Å². The fraction of sp³-hybridized carbons (Fsp3) is 0.833. The third kappa shape index (κ3) is 3.61. The number of hydrogen-bond donors (Lipinski definition) is 1. The predicted octanol–water partition coefficient (Wildman–Crippen LogP) is 2.25. The Kier molecular flexibility index (Phi) is 3.69. The van der Waals surface area contributed by atoms with Gasteiger partial charge in [-0.25, -0.2) is 4.79 Å². The molecule has 17 heavy (non-hydrogen) atoms. The summed E-state index contributed by atoms with van der Waals surface area (Å²) in [4.78, 5) is 24.4. The molecule has 1 aliphatic rings. The summed E-state index contributed by atoms with van der Waals surface area (Å²) in [5.41, 5.74) is -1.17. The largest absolute Gasteiger partial charge is 0.481 e. The molecule has 0 aromatic carbocycles. The average Bonchev–Trinajstić information content (AvgIpc) is 2.41. The molecule has 0 bridgehead atoms. The summed E-state index contributed by atoms with van der Waals surface area (Å²) in [7, 11) is 0. The van der Waals surface area contributed by atoms with Crippen LogP contribution in [-0.4, -0.2) is 39.8 Å². The van der Waals surface area contributed by atoms with E-state index in [2.05, 4.69) is 0 Å². The molecule has 0 radical (unpaired) electrons. The van der Waals surface area contributed by atoms with Gasteiger partial charge >= 0.3 is 12.1 Å². The summed E-state index contributed by atoms with van der Waals surface area (Å²) in [6, 6.07) is 0. The summed E-state index contributed by atoms with van der Waals surface area (Å²) >= 11 is 0. The molecule has 0 aromatic rings. The Hall–Kier alpha value is -1.26. The lowest BCUT2D eigenvalue weighted by molar-refractivity contribution is -0.139. The van der Waals surface area contributed by atoms with Gasteiger partial charge in [-0.3, -0.25) is 4.79 Å². The van der Waals surface area contributed by atoms with E-state index in [4.69, 9.17) is 9.84 Å². The second-order valence-corrected chi connectivity index (χ2v) is 5.80. The number of carbonyl (C=O) groups is 2. The predicted molar refractivity (Wildman–Crippen MR) is 62.8 cm³/mol. The summed E-state index contributed by atoms with van der Waals surface area (Å²) in [5, 5.41) is 8.89. The van der Waals surface area contributed by atoms with E-state index in [-0.39, 0.29) is 6.42 Å². The number of carboxylic acid groups (broad SMARTS) is 1. The van der Waals surface area contributed by atoms with Crippen molar-refractivity contribution in [2.45, 2.75) is 58.1 Å². The van der Waals surface area contributed by atoms with E-state index < -0.39 is 23.2 Å². The molecule has 5 nitrogen and oxygen atoms in total. The van der Waals surface area contributed by atoms with Gasteiger partial charge < -0.3 is 14.7 Å². The van der Waals surface area contributed by atoms with Crippen molar-refractivity contribution < 1.29 is 19.4 Å². The molecule has 1 atom stereocenters. The highest BCUT2D eigenvalue weighted by atomic mass is 16.6. The Morgan fingerprint density at radius 1 is 1.41 bits per heavy atom. The van der Waals surface area contributed by atoms with Crippen molar-refractivity contribution >= 4 is 12.1 Å². The quantitative estimate of drug-likeness (QED) is 0.807. The topological polar surface area (TPSA) is 66.8 Å². The number of carbonyl (C=O) groups excluding carboxylic acids is 1. The molecule has 1 fully saturated rings. The maximum Gasteiger partial charge on any atom is 0.410 e. The summed E-state index contributed by atoms with van der Waals surface area (Å²) in [6.45, 7) is 7.78. The van der Waals surface area contributed by atoms with Crippen LogP contribution in [0.25, 0.3) is 0 Å². The Morgan fingerprint density at radius 3 is 2.47 bits per heavy atom. The van der Waals surface area contributed by atoms with Crippen molar-refractivity contribution in [2.24, 2.45) is 0 Å². The van der Waals surface area contributed by atoms with Crippen LogP contribution in [0, 0.1) is 0 Å². The Balaban J connectivity index is 2.75. The molecule has 1 saturated heterocycles. The number of amides is 1. The van der Waals surface area contributed by atoms with Crippen LogP contribution < -0.4 is 0 Å². The van der Waals surface area contributed by atoms with Gasteiger partial charge in [0.05, 0.1) is 12.0 Å². The lowest BCUT2D eigenvalue weighted by atomic mass is 9.95. The van der Waals surface area contributed by atoms with E-state index in [0.29, 0.717) is 13.0 Å². The van der Waals surface area contributed by atoms with Crippen LogP contribution in [0.3, 0.4) is 0 Å². The molecule has 5 heteroatoms. The van der Waals surface area contributed by atoms with Crippen LogP contribution in [0.15, 0.2) is 0 Å². The van der Waals surface area contributed by atoms with Gasteiger partial charge in [-0.1, -0.05) is 0 Å². The molecule has 1 unspecified atom stereocenters. The van der Waals surface area contributed by atoms with E-state index in [1.54, 1.807) is 32.6 Å². The summed E-state index contributed by atoms with van der Waals surface area (Å²) in [5.74, 6) is -0.886. The average molecular weight is 243 g/mol. The highest BCUT2D eigenvalue weighted by Crippen LogP contribution is 2.33. The minimum absolute atomic E-state index is 0.0355. The van der Waals surface area contributed by atoms with Gasteiger partial charge in [0.1, 0.15) is 5.60 Å². The lowest BCUT2D eigenvalue weighted by Gasteiger charge is -2.35. The highest BCUT2D eigenvalue weighted by molar-refractivity contribution is 5.73. The standard InChI is InChI=1S/C12H21NO4/c1-11(2,3)17-10(16)13-7-5-6-12(13,4)8-9(14)15/h5-8H2,1-4H3,(H,14,15). The van der Waals surface area contributed by atoms with Crippen molar-refractivity contribution in [1.29, 1.82) is 0 Å². The zero-order chi connectivity index (χ0) is 13.3. The number of nitrogens with zero attached hydrogens (tertiary/aromatic N) is 1. The molecule has 0 aliphatic carbocycles. The van der Waals surface area contributed by atoms with Crippen LogP contribution in [0.5, 0.6) is 0 Å². The molecular weight excluding hydrogens is 222 g/mol. The number of rotatable bonds is 2. The van der Waals surface area contributed by atoms with Gasteiger partial charge in [-0.2, -0.15) is 0 Å². The fourth-order valence-electron chi connectivity index (χ4n) is 2.16. The number of aliphatic carboxylic acids is 1. The van der Waals surface area contributed by atoms with Crippen LogP contribution in [0.4, 0.5) is 4.79 Å². The first-order valence-electron chi connectivity index (χ1n) is 5.86. The van der Waals surface area contributed by atoms with E-state index in [0.717, 1.165) is 6.42 Å². The summed E-state index contributed by atoms with van der Waals surface area (Å²) < 4.78 is 5.29. The minimum atomic E-state index is -0.886. The second-order valence-electron chi connectivity index (χ2n) is 5.80. The molecule has 98 valence electrons. The van der Waals surface area contributed by atoms with Gasteiger partial charge in [0.2, 0.25) is 0 Å². The first kappa shape index (κ1) is 13.8. The first-order valence-corrected chi connectivity index (χ1v) is 5.86.